The maximum Gasteiger partial charge on any atom is 0.0351 e. The Balaban J connectivity index is 0.000000443. The molecule has 0 aromatic heterocycles. The third-order valence-corrected chi connectivity index (χ3v) is 3.33. The Hall–Kier alpha value is 0.170. The summed E-state index contributed by atoms with van der Waals surface area (Å²) in [5.74, 6) is 0. The van der Waals surface area contributed by atoms with E-state index < -0.39 is 0 Å². The first-order valence-corrected chi connectivity index (χ1v) is 5.64. The zero-order chi connectivity index (χ0) is 10.3. The summed E-state index contributed by atoms with van der Waals surface area (Å²) in [5.41, 5.74) is 0.733. The van der Waals surface area contributed by atoms with Crippen LogP contribution in [0.2, 0.25) is 0 Å². The van der Waals surface area contributed by atoms with Crippen LogP contribution in [0.4, 0.5) is 0 Å². The fraction of sp³-hybridized carbons (Fsp3) is 1.00. The van der Waals surface area contributed by atoms with Gasteiger partial charge in [-0.1, -0.05) is 0 Å². The van der Waals surface area contributed by atoms with Gasteiger partial charge in [-0.2, -0.15) is 0 Å². The Morgan fingerprint density at radius 1 is 0.800 bits per heavy atom. The molecular formula is C11H25ClN2O. The van der Waals surface area contributed by atoms with E-state index in [9.17, 15) is 0 Å². The summed E-state index contributed by atoms with van der Waals surface area (Å²) in [7, 11) is 3.25. The lowest BCUT2D eigenvalue weighted by molar-refractivity contribution is 0.144. The van der Waals surface area contributed by atoms with Crippen molar-refractivity contribution in [1.82, 2.24) is 10.6 Å². The molecule has 0 unspecified atom stereocenters. The highest BCUT2D eigenvalue weighted by atomic mass is 35.5. The Bertz CT molecular complexity index is 124. The fourth-order valence-corrected chi connectivity index (χ4v) is 2.41. The van der Waals surface area contributed by atoms with Gasteiger partial charge in [0.05, 0.1) is 0 Å². The van der Waals surface area contributed by atoms with Gasteiger partial charge in [-0.05, 0) is 57.3 Å². The average molecular weight is 237 g/mol. The van der Waals surface area contributed by atoms with Crippen molar-refractivity contribution in [2.75, 3.05) is 40.4 Å². The summed E-state index contributed by atoms with van der Waals surface area (Å²) in [6, 6.07) is 0. The lowest BCUT2D eigenvalue weighted by Crippen LogP contribution is -2.43. The largest absolute Gasteiger partial charge is 0.388 e. The van der Waals surface area contributed by atoms with Crippen LogP contribution in [-0.4, -0.2) is 40.4 Å². The van der Waals surface area contributed by atoms with Crippen LogP contribution in [0.5, 0.6) is 0 Å². The van der Waals surface area contributed by atoms with Gasteiger partial charge in [0.2, 0.25) is 0 Å². The van der Waals surface area contributed by atoms with Gasteiger partial charge in [0.15, 0.2) is 0 Å². The van der Waals surface area contributed by atoms with Gasteiger partial charge in [0.25, 0.3) is 0 Å². The highest BCUT2D eigenvalue weighted by Gasteiger charge is 2.32. The highest BCUT2D eigenvalue weighted by Crippen LogP contribution is 2.37. The predicted octanol–water partition coefficient (Wildman–Crippen LogP) is 1.42. The molecule has 2 aliphatic rings. The van der Waals surface area contributed by atoms with Gasteiger partial charge in [0.1, 0.15) is 0 Å². The molecule has 2 N–H and O–H groups in total. The summed E-state index contributed by atoms with van der Waals surface area (Å²) in [6.45, 7) is 5.00. The highest BCUT2D eigenvalue weighted by molar-refractivity contribution is 5.85. The van der Waals surface area contributed by atoms with E-state index in [1.54, 1.807) is 14.2 Å². The minimum Gasteiger partial charge on any atom is -0.388 e. The van der Waals surface area contributed by atoms with Crippen molar-refractivity contribution >= 4 is 12.4 Å². The van der Waals surface area contributed by atoms with Crippen LogP contribution in [-0.2, 0) is 4.74 Å². The normalized spacial score (nSPS) is 23.6. The number of rotatable bonds is 0. The van der Waals surface area contributed by atoms with E-state index in [2.05, 4.69) is 15.4 Å². The SMILES string of the molecule is C1CC2(CCN1)CCNCC2.COC.Cl. The monoisotopic (exact) mass is 236 g/mol. The topological polar surface area (TPSA) is 33.3 Å². The molecule has 92 valence electrons. The molecule has 2 saturated heterocycles. The zero-order valence-corrected chi connectivity index (χ0v) is 10.8. The summed E-state index contributed by atoms with van der Waals surface area (Å²) in [4.78, 5) is 0. The summed E-state index contributed by atoms with van der Waals surface area (Å²) in [5, 5.41) is 6.87. The van der Waals surface area contributed by atoms with Gasteiger partial charge in [-0.3, -0.25) is 0 Å². The van der Waals surface area contributed by atoms with Gasteiger partial charge in [-0.15, -0.1) is 12.4 Å². The molecule has 15 heavy (non-hydrogen) atoms. The smallest absolute Gasteiger partial charge is 0.0351 e. The van der Waals surface area contributed by atoms with Crippen molar-refractivity contribution < 1.29 is 4.74 Å². The van der Waals surface area contributed by atoms with Gasteiger partial charge >= 0.3 is 0 Å². The number of ether oxygens (including phenoxy) is 1. The summed E-state index contributed by atoms with van der Waals surface area (Å²) >= 11 is 0. The van der Waals surface area contributed by atoms with E-state index >= 15 is 0 Å². The molecule has 2 rings (SSSR count). The molecule has 0 amide bonds. The fourth-order valence-electron chi connectivity index (χ4n) is 2.41. The molecule has 2 heterocycles. The number of nitrogens with one attached hydrogen (secondary N) is 2. The second kappa shape index (κ2) is 8.34. The minimum atomic E-state index is 0. The van der Waals surface area contributed by atoms with Crippen molar-refractivity contribution in [3.8, 4) is 0 Å². The van der Waals surface area contributed by atoms with E-state index in [1.807, 2.05) is 0 Å². The number of hydrogen-bond acceptors (Lipinski definition) is 3. The van der Waals surface area contributed by atoms with Crippen LogP contribution in [0.3, 0.4) is 0 Å². The van der Waals surface area contributed by atoms with Crippen LogP contribution in [0, 0.1) is 5.41 Å². The molecule has 2 aliphatic heterocycles. The number of hydrogen-bond donors (Lipinski definition) is 2. The maximum absolute atomic E-state index is 4.25. The Morgan fingerprint density at radius 2 is 1.07 bits per heavy atom. The zero-order valence-electron chi connectivity index (χ0n) is 9.97. The maximum atomic E-state index is 4.25. The second-order valence-electron chi connectivity index (χ2n) is 4.41. The molecular weight excluding hydrogens is 212 g/mol. The van der Waals surface area contributed by atoms with Crippen molar-refractivity contribution in [1.29, 1.82) is 0 Å². The molecule has 0 saturated carbocycles. The van der Waals surface area contributed by atoms with Crippen molar-refractivity contribution in [2.45, 2.75) is 25.7 Å². The number of methoxy groups -OCH3 is 1. The van der Waals surface area contributed by atoms with E-state index in [0.29, 0.717) is 0 Å². The lowest BCUT2D eigenvalue weighted by atomic mass is 9.72. The summed E-state index contributed by atoms with van der Waals surface area (Å²) in [6.07, 6.45) is 5.65. The number of piperidine rings is 2. The van der Waals surface area contributed by atoms with Gasteiger partial charge in [0, 0.05) is 14.2 Å². The first-order chi connectivity index (χ1) is 6.83. The molecule has 4 heteroatoms. The molecule has 0 bridgehead atoms. The quantitative estimate of drug-likeness (QED) is 0.668. The van der Waals surface area contributed by atoms with Crippen molar-refractivity contribution in [3.63, 3.8) is 0 Å². The minimum absolute atomic E-state index is 0. The standard InChI is InChI=1S/C9H18N2.C2H6O.ClH/c1-5-10-6-2-9(1)3-7-11-8-4-9;1-3-2;/h10-11H,1-8H2;1-2H3;1H. The second-order valence-corrected chi connectivity index (χ2v) is 4.41. The first kappa shape index (κ1) is 15.2. The molecule has 0 aromatic carbocycles. The molecule has 2 fully saturated rings. The Kier molecular flexibility index (Phi) is 8.43. The molecule has 0 aromatic rings. The first-order valence-electron chi connectivity index (χ1n) is 5.64. The third kappa shape index (κ3) is 5.16. The van der Waals surface area contributed by atoms with Crippen LogP contribution < -0.4 is 10.6 Å². The van der Waals surface area contributed by atoms with E-state index in [-0.39, 0.29) is 12.4 Å². The average Bonchev–Trinajstić information content (AvgIpc) is 2.21. The lowest BCUT2D eigenvalue weighted by Gasteiger charge is -2.41. The molecule has 0 aliphatic carbocycles. The number of halogens is 1. The van der Waals surface area contributed by atoms with Gasteiger partial charge < -0.3 is 15.4 Å². The Morgan fingerprint density at radius 3 is 1.33 bits per heavy atom. The predicted molar refractivity (Wildman–Crippen MR) is 66.8 cm³/mol. The molecule has 0 atom stereocenters. The molecule has 0 radical (unpaired) electrons. The van der Waals surface area contributed by atoms with Crippen LogP contribution >= 0.6 is 12.4 Å². The van der Waals surface area contributed by atoms with Crippen molar-refractivity contribution in [3.05, 3.63) is 0 Å². The Labute approximate surface area is 99.7 Å². The van der Waals surface area contributed by atoms with E-state index in [4.69, 9.17) is 0 Å². The van der Waals surface area contributed by atoms with Crippen LogP contribution in [0.1, 0.15) is 25.7 Å². The van der Waals surface area contributed by atoms with Crippen LogP contribution in [0.15, 0.2) is 0 Å². The summed E-state index contributed by atoms with van der Waals surface area (Å²) < 4.78 is 4.25. The van der Waals surface area contributed by atoms with Crippen molar-refractivity contribution in [2.24, 2.45) is 5.41 Å². The third-order valence-electron chi connectivity index (χ3n) is 3.33. The van der Waals surface area contributed by atoms with Crippen LogP contribution in [0.25, 0.3) is 0 Å². The molecule has 3 nitrogen and oxygen atoms in total. The van der Waals surface area contributed by atoms with E-state index in [0.717, 1.165) is 5.41 Å². The van der Waals surface area contributed by atoms with Gasteiger partial charge in [-0.25, -0.2) is 0 Å². The van der Waals surface area contributed by atoms with E-state index in [1.165, 1.54) is 51.9 Å². The molecule has 1 spiro atoms.